The van der Waals surface area contributed by atoms with Crippen LogP contribution in [0.5, 0.6) is 11.5 Å². The van der Waals surface area contributed by atoms with Crippen molar-refractivity contribution in [3.05, 3.63) is 178 Å². The Labute approximate surface area is 281 Å². The maximum Gasteiger partial charge on any atom is 0.266 e. The molecule has 1 unspecified atom stereocenters. The Morgan fingerprint density at radius 1 is 0.490 bits per heavy atom. The number of aliphatic hydroxyl groups is 2. The van der Waals surface area contributed by atoms with Crippen LogP contribution in [0.3, 0.4) is 0 Å². The third kappa shape index (κ3) is 3.93. The lowest BCUT2D eigenvalue weighted by atomic mass is 9.67. The molecular weight excluding hydrogens is 616 g/mol. The quantitative estimate of drug-likeness (QED) is 0.156. The van der Waals surface area contributed by atoms with Crippen LogP contribution < -0.4 is 9.80 Å². The zero-order chi connectivity index (χ0) is 33.6. The van der Waals surface area contributed by atoms with Gasteiger partial charge in [-0.25, -0.2) is 4.90 Å². The highest BCUT2D eigenvalue weighted by molar-refractivity contribution is 6.34. The van der Waals surface area contributed by atoms with Crippen molar-refractivity contribution in [2.75, 3.05) is 9.80 Å². The summed E-state index contributed by atoms with van der Waals surface area (Å²) in [6.07, 6.45) is -2.25. The highest BCUT2D eigenvalue weighted by atomic mass is 16.3. The second-order valence-corrected chi connectivity index (χ2v) is 12.6. The topological polar surface area (TPSA) is 122 Å². The van der Waals surface area contributed by atoms with Gasteiger partial charge in [0, 0.05) is 16.8 Å². The van der Waals surface area contributed by atoms with Crippen molar-refractivity contribution < 1.29 is 30.0 Å². The Hall–Kier alpha value is -6.22. The molecular formula is C41H28N2O6. The zero-order valence-corrected chi connectivity index (χ0v) is 25.9. The lowest BCUT2D eigenvalue weighted by Crippen LogP contribution is -2.31. The highest BCUT2D eigenvalue weighted by Crippen LogP contribution is 2.56. The molecule has 4 N–H and O–H groups in total. The van der Waals surface area contributed by atoms with Gasteiger partial charge in [-0.05, 0) is 88.0 Å². The van der Waals surface area contributed by atoms with Crippen LogP contribution in [-0.2, 0) is 5.41 Å². The van der Waals surface area contributed by atoms with Crippen LogP contribution in [0.2, 0.25) is 0 Å². The fraction of sp³-hybridized carbons (Fsp3) is 0.0732. The summed E-state index contributed by atoms with van der Waals surface area (Å²) < 4.78 is 0. The van der Waals surface area contributed by atoms with Gasteiger partial charge in [0.15, 0.2) is 12.5 Å². The summed E-state index contributed by atoms with van der Waals surface area (Å²) in [6, 6.07) is 40.5. The number of anilines is 2. The molecule has 0 bridgehead atoms. The van der Waals surface area contributed by atoms with E-state index in [0.717, 1.165) is 38.3 Å². The van der Waals surface area contributed by atoms with Crippen LogP contribution in [0, 0.1) is 0 Å². The fourth-order valence-electron chi connectivity index (χ4n) is 7.97. The SMILES string of the molecule is O=C1c2ccc(O)cc2C(=O)N1c1ccc(C2(c3ccc(N4C(O)c5ccc(O)cc5[C@@H]4O)cc3)c3ccccc3-c3ccccc32)cc1. The van der Waals surface area contributed by atoms with Crippen molar-refractivity contribution in [2.24, 2.45) is 0 Å². The second-order valence-electron chi connectivity index (χ2n) is 12.6. The first-order valence-corrected chi connectivity index (χ1v) is 15.9. The number of hydrogen-bond donors (Lipinski definition) is 4. The average molecular weight is 645 g/mol. The number of fused-ring (bicyclic) bond motifs is 5. The van der Waals surface area contributed by atoms with Gasteiger partial charge in [-0.1, -0.05) is 78.9 Å². The van der Waals surface area contributed by atoms with Crippen LogP contribution in [0.25, 0.3) is 11.1 Å². The summed E-state index contributed by atoms with van der Waals surface area (Å²) in [5.41, 5.74) is 7.79. The average Bonchev–Trinajstić information content (AvgIpc) is 3.66. The first-order valence-electron chi connectivity index (χ1n) is 15.9. The van der Waals surface area contributed by atoms with Gasteiger partial charge in [0.25, 0.3) is 11.8 Å². The van der Waals surface area contributed by atoms with E-state index in [4.69, 9.17) is 0 Å². The summed E-state index contributed by atoms with van der Waals surface area (Å²) in [7, 11) is 0. The molecule has 6 aromatic rings. The van der Waals surface area contributed by atoms with Crippen molar-refractivity contribution in [3.8, 4) is 22.6 Å². The van der Waals surface area contributed by atoms with E-state index in [1.807, 2.05) is 60.7 Å². The normalized spacial score (nSPS) is 18.3. The summed E-state index contributed by atoms with van der Waals surface area (Å²) in [6.45, 7) is 0. The first-order chi connectivity index (χ1) is 23.8. The number of nitrogens with zero attached hydrogens (tertiary/aromatic N) is 2. The summed E-state index contributed by atoms with van der Waals surface area (Å²) >= 11 is 0. The number of aromatic hydroxyl groups is 2. The van der Waals surface area contributed by atoms with Crippen LogP contribution in [0.1, 0.15) is 66.6 Å². The predicted molar refractivity (Wildman–Crippen MR) is 183 cm³/mol. The number of aliphatic hydroxyl groups excluding tert-OH is 2. The number of rotatable bonds is 4. The van der Waals surface area contributed by atoms with E-state index in [0.29, 0.717) is 22.5 Å². The highest BCUT2D eigenvalue weighted by Gasteiger charge is 2.46. The molecule has 0 spiro atoms. The molecule has 1 aliphatic carbocycles. The van der Waals surface area contributed by atoms with Gasteiger partial charge in [0.05, 0.1) is 22.2 Å². The molecule has 2 amide bonds. The van der Waals surface area contributed by atoms with E-state index in [-0.39, 0.29) is 22.6 Å². The Kier molecular flexibility index (Phi) is 6.14. The van der Waals surface area contributed by atoms with Crippen molar-refractivity contribution in [1.29, 1.82) is 0 Å². The maximum atomic E-state index is 13.3. The van der Waals surface area contributed by atoms with E-state index in [9.17, 15) is 30.0 Å². The van der Waals surface area contributed by atoms with E-state index >= 15 is 0 Å². The molecule has 8 heteroatoms. The second kappa shape index (κ2) is 10.4. The maximum absolute atomic E-state index is 13.3. The summed E-state index contributed by atoms with van der Waals surface area (Å²) in [5.74, 6) is -1.01. The molecule has 2 heterocycles. The fourth-order valence-corrected chi connectivity index (χ4v) is 7.97. The Morgan fingerprint density at radius 3 is 1.63 bits per heavy atom. The number of carbonyl (C=O) groups excluding carboxylic acids is 2. The smallest absolute Gasteiger partial charge is 0.266 e. The Bertz CT molecular complexity index is 2310. The molecule has 2 aliphatic heterocycles. The zero-order valence-electron chi connectivity index (χ0n) is 25.9. The van der Waals surface area contributed by atoms with E-state index in [1.54, 1.807) is 18.2 Å². The van der Waals surface area contributed by atoms with Crippen LogP contribution in [-0.4, -0.2) is 32.2 Å². The molecule has 0 radical (unpaired) electrons. The minimum absolute atomic E-state index is 0.0102. The largest absolute Gasteiger partial charge is 0.508 e. The number of phenolic OH excluding ortho intramolecular Hbond substituents is 2. The molecule has 238 valence electrons. The molecule has 9 rings (SSSR count). The standard InChI is InChI=1S/C41H28N2O6/c44-27-17-19-31-33(21-27)39(48)42(37(31)46)25-13-9-23(10-14-25)41(35-7-3-1-5-29(35)30-6-2-4-8-36(30)41)24-11-15-26(16-12-24)43-38(47)32-20-18-28(45)22-34(32)40(43)49/h1-22,37,39,44-46,48H/t37?,39-/m0/s1. The number of phenols is 2. The molecule has 0 fully saturated rings. The van der Waals surface area contributed by atoms with Gasteiger partial charge in [-0.3, -0.25) is 9.59 Å². The summed E-state index contributed by atoms with van der Waals surface area (Å²) in [4.78, 5) is 29.3. The molecule has 3 aliphatic rings. The van der Waals surface area contributed by atoms with Crippen molar-refractivity contribution >= 4 is 23.2 Å². The Morgan fingerprint density at radius 2 is 1.00 bits per heavy atom. The van der Waals surface area contributed by atoms with E-state index in [1.165, 1.54) is 35.2 Å². The molecule has 8 nitrogen and oxygen atoms in total. The van der Waals surface area contributed by atoms with Crippen molar-refractivity contribution in [1.82, 2.24) is 0 Å². The van der Waals surface area contributed by atoms with Crippen LogP contribution in [0.4, 0.5) is 11.4 Å². The van der Waals surface area contributed by atoms with E-state index < -0.39 is 29.7 Å². The van der Waals surface area contributed by atoms with E-state index in [2.05, 4.69) is 24.3 Å². The number of benzene rings is 6. The van der Waals surface area contributed by atoms with Crippen molar-refractivity contribution in [2.45, 2.75) is 17.9 Å². The minimum atomic E-state index is -1.15. The molecule has 2 atom stereocenters. The molecule has 49 heavy (non-hydrogen) atoms. The third-order valence-electron chi connectivity index (χ3n) is 10.1. The molecule has 0 aromatic heterocycles. The molecule has 6 aromatic carbocycles. The van der Waals surface area contributed by atoms with Crippen molar-refractivity contribution in [3.63, 3.8) is 0 Å². The van der Waals surface area contributed by atoms with Gasteiger partial charge in [0.1, 0.15) is 11.5 Å². The van der Waals surface area contributed by atoms with Crippen LogP contribution in [0.15, 0.2) is 133 Å². The lowest BCUT2D eigenvalue weighted by molar-refractivity contribution is 0.0925. The van der Waals surface area contributed by atoms with Gasteiger partial charge in [0.2, 0.25) is 0 Å². The predicted octanol–water partition coefficient (Wildman–Crippen LogP) is 6.76. The monoisotopic (exact) mass is 644 g/mol. The number of amides is 2. The Balaban J connectivity index is 1.17. The number of hydrogen-bond acceptors (Lipinski definition) is 7. The van der Waals surface area contributed by atoms with Gasteiger partial charge >= 0.3 is 0 Å². The number of carbonyl (C=O) groups is 2. The molecule has 0 saturated heterocycles. The van der Waals surface area contributed by atoms with Gasteiger partial charge < -0.3 is 25.3 Å². The van der Waals surface area contributed by atoms with Gasteiger partial charge in [-0.2, -0.15) is 0 Å². The third-order valence-corrected chi connectivity index (χ3v) is 10.1. The van der Waals surface area contributed by atoms with Gasteiger partial charge in [-0.15, -0.1) is 0 Å². The minimum Gasteiger partial charge on any atom is -0.508 e. The molecule has 0 saturated carbocycles. The van der Waals surface area contributed by atoms with Crippen LogP contribution >= 0.6 is 0 Å². The number of imide groups is 1. The summed E-state index contributed by atoms with van der Waals surface area (Å²) in [5, 5.41) is 42.3. The first kappa shape index (κ1) is 29.0. The lowest BCUT2D eigenvalue weighted by Gasteiger charge is -2.35.